The molecule has 0 fully saturated rings. The number of carbonyl (C=O) groups excluding carboxylic acids is 2. The van der Waals surface area contributed by atoms with Crippen LogP contribution in [0.1, 0.15) is 15.9 Å². The summed E-state index contributed by atoms with van der Waals surface area (Å²) in [5.41, 5.74) is 1.66. The molecule has 1 heterocycles. The van der Waals surface area contributed by atoms with Gasteiger partial charge in [0.05, 0.1) is 17.9 Å². The second kappa shape index (κ2) is 8.26. The quantitative estimate of drug-likeness (QED) is 0.649. The Morgan fingerprint density at radius 1 is 1.22 bits per heavy atom. The largest absolute Gasteiger partial charge is 0.452 e. The zero-order chi connectivity index (χ0) is 16.7. The molecule has 120 valence electrons. The predicted molar refractivity (Wildman–Crippen MR) is 85.3 cm³/mol. The Bertz CT molecular complexity index is 689. The van der Waals surface area contributed by atoms with Gasteiger partial charge >= 0.3 is 5.97 Å². The third-order valence-electron chi connectivity index (χ3n) is 2.87. The van der Waals surface area contributed by atoms with Crippen LogP contribution in [0.2, 0.25) is 5.15 Å². The third kappa shape index (κ3) is 5.05. The summed E-state index contributed by atoms with van der Waals surface area (Å²) in [6, 6.07) is 9.99. The smallest absolute Gasteiger partial charge is 0.338 e. The van der Waals surface area contributed by atoms with E-state index >= 15 is 0 Å². The van der Waals surface area contributed by atoms with Crippen LogP contribution in [0.3, 0.4) is 0 Å². The van der Waals surface area contributed by atoms with Crippen LogP contribution in [0.25, 0.3) is 0 Å². The summed E-state index contributed by atoms with van der Waals surface area (Å²) in [6.07, 6.45) is 1.51. The first-order valence-corrected chi connectivity index (χ1v) is 7.13. The number of ether oxygens (including phenoxy) is 2. The molecule has 1 N–H and O–H groups in total. The van der Waals surface area contributed by atoms with E-state index in [1.165, 1.54) is 6.20 Å². The van der Waals surface area contributed by atoms with Gasteiger partial charge < -0.3 is 14.8 Å². The van der Waals surface area contributed by atoms with Crippen molar-refractivity contribution in [1.29, 1.82) is 0 Å². The molecule has 1 aromatic carbocycles. The maximum atomic E-state index is 11.9. The molecule has 0 aliphatic heterocycles. The van der Waals surface area contributed by atoms with Crippen LogP contribution in [0, 0.1) is 0 Å². The van der Waals surface area contributed by atoms with Crippen molar-refractivity contribution in [2.75, 3.05) is 19.0 Å². The number of carbonyl (C=O) groups is 2. The van der Waals surface area contributed by atoms with Crippen molar-refractivity contribution >= 4 is 29.2 Å². The Morgan fingerprint density at radius 2 is 1.96 bits per heavy atom. The number of benzene rings is 1. The number of pyridine rings is 1. The van der Waals surface area contributed by atoms with Crippen molar-refractivity contribution in [3.8, 4) is 0 Å². The van der Waals surface area contributed by atoms with Gasteiger partial charge in [-0.25, -0.2) is 9.78 Å². The number of aromatic nitrogens is 1. The highest BCUT2D eigenvalue weighted by atomic mass is 35.5. The van der Waals surface area contributed by atoms with Crippen LogP contribution in [0.4, 0.5) is 5.69 Å². The van der Waals surface area contributed by atoms with E-state index in [1.807, 2.05) is 0 Å². The molecule has 0 saturated carbocycles. The third-order valence-corrected chi connectivity index (χ3v) is 3.17. The monoisotopic (exact) mass is 334 g/mol. The Labute approximate surface area is 138 Å². The lowest BCUT2D eigenvalue weighted by Gasteiger charge is -2.07. The van der Waals surface area contributed by atoms with Gasteiger partial charge in [-0.15, -0.1) is 0 Å². The van der Waals surface area contributed by atoms with E-state index in [-0.39, 0.29) is 5.15 Å². The molecule has 0 saturated heterocycles. The van der Waals surface area contributed by atoms with E-state index in [0.29, 0.717) is 17.9 Å². The van der Waals surface area contributed by atoms with Gasteiger partial charge in [0.25, 0.3) is 5.91 Å². The molecule has 0 aliphatic carbocycles. The molecule has 0 spiro atoms. The van der Waals surface area contributed by atoms with Crippen molar-refractivity contribution in [3.63, 3.8) is 0 Å². The first kappa shape index (κ1) is 16.9. The number of rotatable bonds is 6. The zero-order valence-corrected chi connectivity index (χ0v) is 13.2. The van der Waals surface area contributed by atoms with Gasteiger partial charge in [-0.3, -0.25) is 4.79 Å². The van der Waals surface area contributed by atoms with Crippen LogP contribution < -0.4 is 5.32 Å². The van der Waals surface area contributed by atoms with Crippen molar-refractivity contribution in [3.05, 3.63) is 58.9 Å². The second-order valence-corrected chi connectivity index (χ2v) is 4.95. The standard InChI is InChI=1S/C16H15ClN2O4/c1-22-9-11-4-6-12(7-5-11)16(21)23-10-14(20)19-13-3-2-8-18-15(13)17/h2-8H,9-10H2,1H3,(H,19,20). The number of nitrogens with zero attached hydrogens (tertiary/aromatic N) is 1. The van der Waals surface area contributed by atoms with Gasteiger partial charge in [0.2, 0.25) is 0 Å². The molecule has 0 atom stereocenters. The summed E-state index contributed by atoms with van der Waals surface area (Å²) in [5.74, 6) is -1.08. The number of hydrogen-bond donors (Lipinski definition) is 1. The molecule has 6 nitrogen and oxygen atoms in total. The fourth-order valence-corrected chi connectivity index (χ4v) is 1.95. The highest BCUT2D eigenvalue weighted by Gasteiger charge is 2.11. The molecule has 2 aromatic rings. The SMILES string of the molecule is COCc1ccc(C(=O)OCC(=O)Nc2cccnc2Cl)cc1. The minimum absolute atomic E-state index is 0.168. The van der Waals surface area contributed by atoms with Crippen LogP contribution in [-0.4, -0.2) is 30.6 Å². The Hall–Kier alpha value is -2.44. The first-order valence-electron chi connectivity index (χ1n) is 6.75. The average molecular weight is 335 g/mol. The number of amides is 1. The fourth-order valence-electron chi connectivity index (χ4n) is 1.78. The van der Waals surface area contributed by atoms with E-state index in [4.69, 9.17) is 21.1 Å². The van der Waals surface area contributed by atoms with Crippen LogP contribution in [0.5, 0.6) is 0 Å². The van der Waals surface area contributed by atoms with E-state index < -0.39 is 18.5 Å². The van der Waals surface area contributed by atoms with E-state index in [9.17, 15) is 9.59 Å². The summed E-state index contributed by atoms with van der Waals surface area (Å²) < 4.78 is 9.94. The number of nitrogens with one attached hydrogen (secondary N) is 1. The normalized spacial score (nSPS) is 10.2. The molecule has 23 heavy (non-hydrogen) atoms. The second-order valence-electron chi connectivity index (χ2n) is 4.60. The lowest BCUT2D eigenvalue weighted by Crippen LogP contribution is -2.21. The van der Waals surface area contributed by atoms with Gasteiger partial charge in [-0.1, -0.05) is 23.7 Å². The molecule has 0 radical (unpaired) electrons. The minimum Gasteiger partial charge on any atom is -0.452 e. The van der Waals surface area contributed by atoms with Gasteiger partial charge in [0.1, 0.15) is 0 Å². The van der Waals surface area contributed by atoms with Crippen molar-refractivity contribution < 1.29 is 19.1 Å². The Balaban J connectivity index is 1.86. The average Bonchev–Trinajstić information content (AvgIpc) is 2.56. The predicted octanol–water partition coefficient (Wildman–Crippen LogP) is 2.68. The molecule has 7 heteroatoms. The maximum absolute atomic E-state index is 11.9. The van der Waals surface area contributed by atoms with E-state index in [2.05, 4.69) is 10.3 Å². The highest BCUT2D eigenvalue weighted by molar-refractivity contribution is 6.32. The van der Waals surface area contributed by atoms with Crippen LogP contribution >= 0.6 is 11.6 Å². The van der Waals surface area contributed by atoms with Gasteiger partial charge in [-0.05, 0) is 29.8 Å². The summed E-state index contributed by atoms with van der Waals surface area (Å²) in [5, 5.41) is 2.68. The van der Waals surface area contributed by atoms with Crippen molar-refractivity contribution in [2.45, 2.75) is 6.61 Å². The number of methoxy groups -OCH3 is 1. The highest BCUT2D eigenvalue weighted by Crippen LogP contribution is 2.17. The molecule has 1 amide bonds. The van der Waals surface area contributed by atoms with E-state index in [0.717, 1.165) is 5.56 Å². The number of halogens is 1. The molecule has 2 rings (SSSR count). The molecular formula is C16H15ClN2O4. The molecule has 0 unspecified atom stereocenters. The molecule has 1 aromatic heterocycles. The summed E-state index contributed by atoms with van der Waals surface area (Å²) in [6.45, 7) is 0.0491. The lowest BCUT2D eigenvalue weighted by molar-refractivity contribution is -0.119. The summed E-state index contributed by atoms with van der Waals surface area (Å²) in [7, 11) is 1.59. The fraction of sp³-hybridized carbons (Fsp3) is 0.188. The lowest BCUT2D eigenvalue weighted by atomic mass is 10.1. The molecule has 0 bridgehead atoms. The number of anilines is 1. The Morgan fingerprint density at radius 3 is 2.61 bits per heavy atom. The van der Waals surface area contributed by atoms with Crippen molar-refractivity contribution in [1.82, 2.24) is 4.98 Å². The number of hydrogen-bond acceptors (Lipinski definition) is 5. The first-order chi connectivity index (χ1) is 11.1. The van der Waals surface area contributed by atoms with Crippen LogP contribution in [-0.2, 0) is 20.9 Å². The Kier molecular flexibility index (Phi) is 6.08. The van der Waals surface area contributed by atoms with Gasteiger partial charge in [-0.2, -0.15) is 0 Å². The maximum Gasteiger partial charge on any atom is 0.338 e. The summed E-state index contributed by atoms with van der Waals surface area (Å²) >= 11 is 5.82. The van der Waals surface area contributed by atoms with E-state index in [1.54, 1.807) is 43.5 Å². The number of esters is 1. The topological polar surface area (TPSA) is 77.5 Å². The molecule has 0 aliphatic rings. The molecular weight excluding hydrogens is 320 g/mol. The summed E-state index contributed by atoms with van der Waals surface area (Å²) in [4.78, 5) is 27.4. The minimum atomic E-state index is -0.582. The van der Waals surface area contributed by atoms with Crippen molar-refractivity contribution in [2.24, 2.45) is 0 Å². The van der Waals surface area contributed by atoms with Gasteiger partial charge in [0, 0.05) is 13.3 Å². The van der Waals surface area contributed by atoms with Crippen LogP contribution in [0.15, 0.2) is 42.6 Å². The zero-order valence-electron chi connectivity index (χ0n) is 12.4. The van der Waals surface area contributed by atoms with Gasteiger partial charge in [0.15, 0.2) is 11.8 Å².